The van der Waals surface area contributed by atoms with Gasteiger partial charge < -0.3 is 10.7 Å². The van der Waals surface area contributed by atoms with E-state index in [1.165, 1.54) is 6.33 Å². The molecule has 2 aromatic heterocycles. The van der Waals surface area contributed by atoms with Gasteiger partial charge in [0, 0.05) is 0 Å². The molecule has 6 heteroatoms. The topological polar surface area (TPSA) is 89.6 Å². The van der Waals surface area contributed by atoms with Crippen molar-refractivity contribution in [1.82, 2.24) is 19.5 Å². The minimum absolute atomic E-state index is 0.253. The van der Waals surface area contributed by atoms with Gasteiger partial charge in [0.05, 0.1) is 12.0 Å². The van der Waals surface area contributed by atoms with Crippen molar-refractivity contribution in [3.8, 4) is 5.69 Å². The molecule has 18 heavy (non-hydrogen) atoms. The molecule has 90 valence electrons. The number of rotatable bonds is 1. The van der Waals surface area contributed by atoms with Gasteiger partial charge in [0.1, 0.15) is 0 Å². The summed E-state index contributed by atoms with van der Waals surface area (Å²) in [5, 5.41) is 0. The summed E-state index contributed by atoms with van der Waals surface area (Å²) >= 11 is 0. The summed E-state index contributed by atoms with van der Waals surface area (Å²) in [6, 6.07) is 7.65. The van der Waals surface area contributed by atoms with E-state index in [4.69, 9.17) is 5.73 Å². The number of para-hydroxylation sites is 1. The van der Waals surface area contributed by atoms with Crippen LogP contribution in [-0.4, -0.2) is 19.5 Å². The number of aryl methyl sites for hydroxylation is 1. The second-order valence-electron chi connectivity index (χ2n) is 4.00. The number of aromatic amines is 1. The van der Waals surface area contributed by atoms with E-state index in [1.807, 2.05) is 31.2 Å². The Hall–Kier alpha value is -2.63. The van der Waals surface area contributed by atoms with E-state index in [2.05, 4.69) is 15.0 Å². The lowest BCUT2D eigenvalue weighted by Gasteiger charge is -2.08. The van der Waals surface area contributed by atoms with E-state index in [1.54, 1.807) is 4.57 Å². The van der Waals surface area contributed by atoms with Crippen LogP contribution in [0.5, 0.6) is 0 Å². The van der Waals surface area contributed by atoms with Crippen molar-refractivity contribution in [3.63, 3.8) is 0 Å². The van der Waals surface area contributed by atoms with Gasteiger partial charge in [-0.05, 0) is 18.6 Å². The minimum atomic E-state index is -0.257. The normalized spacial score (nSPS) is 10.9. The molecule has 0 bridgehead atoms. The third-order valence-electron chi connectivity index (χ3n) is 2.84. The van der Waals surface area contributed by atoms with Gasteiger partial charge >= 0.3 is 0 Å². The summed E-state index contributed by atoms with van der Waals surface area (Å²) in [5.41, 5.74) is 8.17. The number of nitrogens with two attached hydrogens (primary N) is 1. The molecule has 0 unspecified atom stereocenters. The zero-order valence-corrected chi connectivity index (χ0v) is 9.71. The maximum absolute atomic E-state index is 11.9. The zero-order chi connectivity index (χ0) is 12.7. The fraction of sp³-hybridized carbons (Fsp3) is 0.0833. The monoisotopic (exact) mass is 241 g/mol. The summed E-state index contributed by atoms with van der Waals surface area (Å²) in [4.78, 5) is 22.5. The number of aromatic nitrogens is 4. The number of hydrogen-bond donors (Lipinski definition) is 2. The van der Waals surface area contributed by atoms with Gasteiger partial charge in [-0.15, -0.1) is 0 Å². The van der Waals surface area contributed by atoms with Crippen molar-refractivity contribution >= 4 is 17.1 Å². The Bertz CT molecular complexity index is 787. The van der Waals surface area contributed by atoms with E-state index in [-0.39, 0.29) is 11.5 Å². The first-order valence-electron chi connectivity index (χ1n) is 5.46. The molecule has 3 aromatic rings. The average molecular weight is 241 g/mol. The Balaban J connectivity index is 2.47. The number of benzene rings is 1. The van der Waals surface area contributed by atoms with Crippen molar-refractivity contribution in [1.29, 1.82) is 0 Å². The molecule has 6 nitrogen and oxygen atoms in total. The quantitative estimate of drug-likeness (QED) is 0.665. The molecule has 0 amide bonds. The maximum Gasteiger partial charge on any atom is 0.277 e. The fourth-order valence-electron chi connectivity index (χ4n) is 2.00. The number of fused-ring (bicyclic) bond motifs is 1. The Morgan fingerprint density at radius 1 is 1.33 bits per heavy atom. The number of anilines is 1. The highest BCUT2D eigenvalue weighted by Gasteiger charge is 2.14. The second kappa shape index (κ2) is 3.69. The number of nitrogen functional groups attached to an aromatic ring is 1. The number of H-pyrrole nitrogens is 1. The molecule has 0 fully saturated rings. The van der Waals surface area contributed by atoms with E-state index in [0.29, 0.717) is 11.2 Å². The van der Waals surface area contributed by atoms with Crippen LogP contribution < -0.4 is 11.3 Å². The summed E-state index contributed by atoms with van der Waals surface area (Å²) in [6.45, 7) is 1.95. The Morgan fingerprint density at radius 2 is 2.11 bits per heavy atom. The van der Waals surface area contributed by atoms with Gasteiger partial charge in [-0.1, -0.05) is 18.2 Å². The molecule has 0 aliphatic carbocycles. The highest BCUT2D eigenvalue weighted by molar-refractivity contribution is 5.76. The number of nitrogens with one attached hydrogen (secondary N) is 1. The molecule has 2 heterocycles. The van der Waals surface area contributed by atoms with E-state index in [0.717, 1.165) is 11.3 Å². The van der Waals surface area contributed by atoms with Crippen molar-refractivity contribution in [3.05, 3.63) is 46.5 Å². The van der Waals surface area contributed by atoms with Crippen LogP contribution in [0.4, 0.5) is 5.95 Å². The molecule has 0 saturated heterocycles. The number of nitrogens with zero attached hydrogens (tertiary/aromatic N) is 3. The molecule has 3 rings (SSSR count). The van der Waals surface area contributed by atoms with Crippen LogP contribution in [-0.2, 0) is 0 Å². The summed E-state index contributed by atoms with van der Waals surface area (Å²) in [6.07, 6.45) is 1.32. The Morgan fingerprint density at radius 3 is 2.89 bits per heavy atom. The SMILES string of the molecule is Cc1ccccc1-n1c(N)nc2nc[nH]c(=O)c21. The van der Waals surface area contributed by atoms with Crippen LogP contribution in [0.1, 0.15) is 5.56 Å². The van der Waals surface area contributed by atoms with Crippen LogP contribution in [0.3, 0.4) is 0 Å². The predicted octanol–water partition coefficient (Wildman–Crippen LogP) is 0.999. The molecule has 0 saturated carbocycles. The first-order chi connectivity index (χ1) is 8.68. The van der Waals surface area contributed by atoms with E-state index >= 15 is 0 Å². The molecule has 1 aromatic carbocycles. The highest BCUT2D eigenvalue weighted by Crippen LogP contribution is 2.21. The zero-order valence-electron chi connectivity index (χ0n) is 9.71. The minimum Gasteiger partial charge on any atom is -0.369 e. The first-order valence-corrected chi connectivity index (χ1v) is 5.46. The second-order valence-corrected chi connectivity index (χ2v) is 4.00. The predicted molar refractivity (Wildman–Crippen MR) is 68.6 cm³/mol. The maximum atomic E-state index is 11.9. The van der Waals surface area contributed by atoms with Crippen LogP contribution in [0, 0.1) is 6.92 Å². The van der Waals surface area contributed by atoms with Gasteiger partial charge in [0.2, 0.25) is 5.95 Å². The third kappa shape index (κ3) is 1.39. The Labute approximate surface area is 102 Å². The van der Waals surface area contributed by atoms with Crippen molar-refractivity contribution < 1.29 is 0 Å². The van der Waals surface area contributed by atoms with Crippen LogP contribution in [0.25, 0.3) is 16.9 Å². The largest absolute Gasteiger partial charge is 0.369 e. The number of imidazole rings is 1. The standard InChI is InChI=1S/C12H11N5O/c1-7-4-2-3-5-8(7)17-9-10(16-12(17)13)14-6-15-11(9)18/h2-6H,1H3,(H3,13,14,15,16,18). The van der Waals surface area contributed by atoms with E-state index in [9.17, 15) is 4.79 Å². The fourth-order valence-corrected chi connectivity index (χ4v) is 2.00. The average Bonchev–Trinajstić information content (AvgIpc) is 2.68. The van der Waals surface area contributed by atoms with Gasteiger partial charge in [-0.3, -0.25) is 9.36 Å². The molecule has 0 radical (unpaired) electrons. The van der Waals surface area contributed by atoms with Crippen LogP contribution >= 0.6 is 0 Å². The third-order valence-corrected chi connectivity index (χ3v) is 2.84. The van der Waals surface area contributed by atoms with Gasteiger partial charge in [-0.25, -0.2) is 4.98 Å². The van der Waals surface area contributed by atoms with Crippen molar-refractivity contribution in [2.45, 2.75) is 6.92 Å². The molecule has 3 N–H and O–H groups in total. The Kier molecular flexibility index (Phi) is 2.16. The smallest absolute Gasteiger partial charge is 0.277 e. The van der Waals surface area contributed by atoms with Crippen molar-refractivity contribution in [2.75, 3.05) is 5.73 Å². The lowest BCUT2D eigenvalue weighted by molar-refractivity contribution is 1.07. The lowest BCUT2D eigenvalue weighted by atomic mass is 10.2. The molecule has 0 atom stereocenters. The van der Waals surface area contributed by atoms with Crippen LogP contribution in [0.15, 0.2) is 35.4 Å². The molecule has 0 spiro atoms. The molecular weight excluding hydrogens is 230 g/mol. The first kappa shape index (κ1) is 10.5. The van der Waals surface area contributed by atoms with Gasteiger partial charge in [-0.2, -0.15) is 4.98 Å². The van der Waals surface area contributed by atoms with Gasteiger partial charge in [0.15, 0.2) is 11.2 Å². The van der Waals surface area contributed by atoms with E-state index < -0.39 is 0 Å². The summed E-state index contributed by atoms with van der Waals surface area (Å²) < 4.78 is 1.62. The highest BCUT2D eigenvalue weighted by atomic mass is 16.1. The van der Waals surface area contributed by atoms with Gasteiger partial charge in [0.25, 0.3) is 5.56 Å². The molecule has 0 aliphatic rings. The van der Waals surface area contributed by atoms with Crippen LogP contribution in [0.2, 0.25) is 0 Å². The molecule has 0 aliphatic heterocycles. The molecular formula is C12H11N5O. The summed E-state index contributed by atoms with van der Waals surface area (Å²) in [7, 11) is 0. The lowest BCUT2D eigenvalue weighted by Crippen LogP contribution is -2.12. The summed E-state index contributed by atoms with van der Waals surface area (Å²) in [5.74, 6) is 0.253. The van der Waals surface area contributed by atoms with Crippen molar-refractivity contribution in [2.24, 2.45) is 0 Å². The number of hydrogen-bond acceptors (Lipinski definition) is 4.